The molecule has 0 saturated heterocycles. The van der Waals surface area contributed by atoms with E-state index in [0.717, 1.165) is 0 Å². The first-order valence-corrected chi connectivity index (χ1v) is 2.67. The highest BCUT2D eigenvalue weighted by atomic mass is 16.1. The van der Waals surface area contributed by atoms with E-state index in [-0.39, 0.29) is 5.96 Å². The first-order chi connectivity index (χ1) is 4.63. The number of hydrogen-bond acceptors (Lipinski definition) is 2. The maximum Gasteiger partial charge on any atom is 0.241 e. The number of primary amides is 1. The Hall–Kier alpha value is -1.52. The Balaban J connectivity index is 3.36. The molecule has 0 spiro atoms. The SMILES string of the molecule is N=C(N)NC/C=C/C(N)=O. The highest BCUT2D eigenvalue weighted by Crippen LogP contribution is 1.66. The van der Waals surface area contributed by atoms with Crippen LogP contribution < -0.4 is 16.8 Å². The molecule has 6 N–H and O–H groups in total. The van der Waals surface area contributed by atoms with Crippen LogP contribution in [0, 0.1) is 5.41 Å². The predicted molar refractivity (Wildman–Crippen MR) is 38.3 cm³/mol. The van der Waals surface area contributed by atoms with E-state index in [1.54, 1.807) is 0 Å². The van der Waals surface area contributed by atoms with E-state index in [9.17, 15) is 4.79 Å². The van der Waals surface area contributed by atoms with Gasteiger partial charge < -0.3 is 16.8 Å². The molecule has 56 valence electrons. The Kier molecular flexibility index (Phi) is 3.70. The summed E-state index contributed by atoms with van der Waals surface area (Å²) in [6.07, 6.45) is 2.69. The van der Waals surface area contributed by atoms with Gasteiger partial charge in [0, 0.05) is 12.6 Å². The third-order valence-corrected chi connectivity index (χ3v) is 0.692. The van der Waals surface area contributed by atoms with Gasteiger partial charge in [-0.25, -0.2) is 0 Å². The average molecular weight is 142 g/mol. The monoisotopic (exact) mass is 142 g/mol. The zero-order chi connectivity index (χ0) is 7.98. The quantitative estimate of drug-likeness (QED) is 0.219. The van der Waals surface area contributed by atoms with Gasteiger partial charge in [0.25, 0.3) is 0 Å². The minimum Gasteiger partial charge on any atom is -0.370 e. The molecule has 0 aromatic carbocycles. The van der Waals surface area contributed by atoms with Gasteiger partial charge >= 0.3 is 0 Å². The van der Waals surface area contributed by atoms with Crippen LogP contribution >= 0.6 is 0 Å². The van der Waals surface area contributed by atoms with Crippen LogP contribution in [0.5, 0.6) is 0 Å². The molecule has 0 atom stereocenters. The van der Waals surface area contributed by atoms with Gasteiger partial charge in [0.05, 0.1) is 0 Å². The lowest BCUT2D eigenvalue weighted by Crippen LogP contribution is -2.30. The molecule has 0 radical (unpaired) electrons. The second kappa shape index (κ2) is 4.37. The molecule has 0 unspecified atom stereocenters. The summed E-state index contributed by atoms with van der Waals surface area (Å²) in [6, 6.07) is 0. The van der Waals surface area contributed by atoms with Crippen LogP contribution in [0.15, 0.2) is 12.2 Å². The number of rotatable bonds is 3. The van der Waals surface area contributed by atoms with Gasteiger partial charge in [0.2, 0.25) is 5.91 Å². The zero-order valence-corrected chi connectivity index (χ0v) is 5.42. The van der Waals surface area contributed by atoms with E-state index in [4.69, 9.17) is 16.9 Å². The van der Waals surface area contributed by atoms with Crippen LogP contribution in [-0.2, 0) is 4.79 Å². The normalized spacial score (nSPS) is 9.60. The van der Waals surface area contributed by atoms with Crippen molar-refractivity contribution < 1.29 is 4.79 Å². The van der Waals surface area contributed by atoms with Crippen molar-refractivity contribution in [1.82, 2.24) is 5.32 Å². The van der Waals surface area contributed by atoms with E-state index < -0.39 is 5.91 Å². The molecule has 10 heavy (non-hydrogen) atoms. The van der Waals surface area contributed by atoms with Crippen molar-refractivity contribution in [2.24, 2.45) is 11.5 Å². The van der Waals surface area contributed by atoms with Crippen molar-refractivity contribution in [2.45, 2.75) is 0 Å². The lowest BCUT2D eigenvalue weighted by molar-refractivity contribution is -0.113. The molecule has 0 aromatic rings. The molecule has 1 amide bonds. The molecule has 0 rings (SSSR count). The summed E-state index contributed by atoms with van der Waals surface area (Å²) in [4.78, 5) is 10.1. The second-order valence-electron chi connectivity index (χ2n) is 1.60. The van der Waals surface area contributed by atoms with Crippen LogP contribution in [-0.4, -0.2) is 18.4 Å². The number of carbonyl (C=O) groups is 1. The smallest absolute Gasteiger partial charge is 0.241 e. The maximum absolute atomic E-state index is 10.1. The van der Waals surface area contributed by atoms with Gasteiger partial charge in [-0.05, 0) is 0 Å². The van der Waals surface area contributed by atoms with Crippen LogP contribution in [0.1, 0.15) is 0 Å². The van der Waals surface area contributed by atoms with Gasteiger partial charge in [-0.2, -0.15) is 0 Å². The fourth-order valence-corrected chi connectivity index (χ4v) is 0.344. The molecule has 5 heteroatoms. The number of guanidine groups is 1. The molecule has 0 bridgehead atoms. The van der Waals surface area contributed by atoms with Crippen molar-refractivity contribution in [2.75, 3.05) is 6.54 Å². The van der Waals surface area contributed by atoms with E-state index in [1.165, 1.54) is 12.2 Å². The number of hydrogen-bond donors (Lipinski definition) is 4. The topological polar surface area (TPSA) is 105 Å². The minimum absolute atomic E-state index is 0.130. The van der Waals surface area contributed by atoms with E-state index in [0.29, 0.717) is 6.54 Å². The molecule has 0 aliphatic heterocycles. The molecule has 0 fully saturated rings. The average Bonchev–Trinajstić information content (AvgIpc) is 1.79. The molecule has 0 saturated carbocycles. The van der Waals surface area contributed by atoms with Crippen molar-refractivity contribution in [3.05, 3.63) is 12.2 Å². The summed E-state index contributed by atoms with van der Waals surface area (Å²) in [6.45, 7) is 0.346. The van der Waals surface area contributed by atoms with Gasteiger partial charge in [0.1, 0.15) is 0 Å². The first kappa shape index (κ1) is 8.48. The minimum atomic E-state index is -0.509. The number of carbonyl (C=O) groups excluding carboxylic acids is 1. The number of nitrogens with two attached hydrogens (primary N) is 2. The van der Waals surface area contributed by atoms with Crippen LogP contribution in [0.2, 0.25) is 0 Å². The molecule has 5 nitrogen and oxygen atoms in total. The molecule has 0 heterocycles. The van der Waals surface area contributed by atoms with Crippen molar-refractivity contribution >= 4 is 11.9 Å². The van der Waals surface area contributed by atoms with Crippen molar-refractivity contribution in [3.63, 3.8) is 0 Å². The van der Waals surface area contributed by atoms with Gasteiger partial charge in [-0.3, -0.25) is 10.2 Å². The van der Waals surface area contributed by atoms with Crippen molar-refractivity contribution in [1.29, 1.82) is 5.41 Å². The molecular formula is C5H10N4O. The third kappa shape index (κ3) is 6.48. The third-order valence-electron chi connectivity index (χ3n) is 0.692. The fraction of sp³-hybridized carbons (Fsp3) is 0.200. The molecule has 0 aliphatic carbocycles. The van der Waals surface area contributed by atoms with Crippen molar-refractivity contribution in [3.8, 4) is 0 Å². The Bertz CT molecular complexity index is 163. The number of nitrogens with one attached hydrogen (secondary N) is 2. The van der Waals surface area contributed by atoms with Crippen LogP contribution in [0.4, 0.5) is 0 Å². The molecule has 0 aliphatic rings. The Morgan fingerprint density at radius 3 is 2.60 bits per heavy atom. The summed E-state index contributed by atoms with van der Waals surface area (Å²) >= 11 is 0. The highest BCUT2D eigenvalue weighted by Gasteiger charge is 1.82. The van der Waals surface area contributed by atoms with Gasteiger partial charge in [-0.15, -0.1) is 0 Å². The number of amides is 1. The standard InChI is InChI=1S/C5H10N4O/c6-4(10)2-1-3-9-5(7)8/h1-2H,3H2,(H2,6,10)(H4,7,8,9)/b2-1+. The fourth-order valence-electron chi connectivity index (χ4n) is 0.344. The van der Waals surface area contributed by atoms with E-state index in [1.807, 2.05) is 0 Å². The Morgan fingerprint density at radius 2 is 2.20 bits per heavy atom. The van der Waals surface area contributed by atoms with E-state index >= 15 is 0 Å². The second-order valence-corrected chi connectivity index (χ2v) is 1.60. The summed E-state index contributed by atoms with van der Waals surface area (Å²) in [7, 11) is 0. The highest BCUT2D eigenvalue weighted by molar-refractivity contribution is 5.85. The largest absolute Gasteiger partial charge is 0.370 e. The predicted octanol–water partition coefficient (Wildman–Crippen LogP) is -1.49. The first-order valence-electron chi connectivity index (χ1n) is 2.67. The van der Waals surface area contributed by atoms with Gasteiger partial charge in [-0.1, -0.05) is 6.08 Å². The van der Waals surface area contributed by atoms with E-state index in [2.05, 4.69) is 5.32 Å². The van der Waals surface area contributed by atoms with Crippen LogP contribution in [0.25, 0.3) is 0 Å². The Labute approximate surface area is 58.6 Å². The zero-order valence-electron chi connectivity index (χ0n) is 5.42. The summed E-state index contributed by atoms with van der Waals surface area (Å²) in [5, 5.41) is 9.16. The molecular weight excluding hydrogens is 132 g/mol. The summed E-state index contributed by atoms with van der Waals surface area (Å²) in [5.74, 6) is -0.639. The maximum atomic E-state index is 10.1. The lowest BCUT2D eigenvalue weighted by atomic mass is 10.5. The summed E-state index contributed by atoms with van der Waals surface area (Å²) < 4.78 is 0. The summed E-state index contributed by atoms with van der Waals surface area (Å²) in [5.41, 5.74) is 9.70. The molecule has 0 aromatic heterocycles. The Morgan fingerprint density at radius 1 is 1.60 bits per heavy atom. The lowest BCUT2D eigenvalue weighted by Gasteiger charge is -1.95. The van der Waals surface area contributed by atoms with Gasteiger partial charge in [0.15, 0.2) is 5.96 Å². The van der Waals surface area contributed by atoms with Crippen LogP contribution in [0.3, 0.4) is 0 Å².